The van der Waals surface area contributed by atoms with Gasteiger partial charge in [-0.15, -0.1) is 0 Å². The summed E-state index contributed by atoms with van der Waals surface area (Å²) in [5.74, 6) is -0.233. The Morgan fingerprint density at radius 2 is 2.40 bits per heavy atom. The normalized spacial score (nSPS) is 26.7. The first-order valence-electron chi connectivity index (χ1n) is 5.11. The number of amides is 1. The lowest BCUT2D eigenvalue weighted by Crippen LogP contribution is -2.38. The summed E-state index contributed by atoms with van der Waals surface area (Å²) in [6, 6.07) is 4.10. The number of likely N-dealkylation sites (tertiary alicyclic amines) is 1. The van der Waals surface area contributed by atoms with Gasteiger partial charge in [0.25, 0.3) is 0 Å². The van der Waals surface area contributed by atoms with Crippen LogP contribution >= 0.6 is 0 Å². The van der Waals surface area contributed by atoms with Crippen LogP contribution in [0.2, 0.25) is 0 Å². The van der Waals surface area contributed by atoms with Crippen molar-refractivity contribution in [1.29, 1.82) is 0 Å². The van der Waals surface area contributed by atoms with E-state index in [4.69, 9.17) is 5.73 Å². The number of nitrogens with zero attached hydrogens (tertiary/aromatic N) is 2. The summed E-state index contributed by atoms with van der Waals surface area (Å²) in [5.41, 5.74) is 6.49. The first kappa shape index (κ1) is 10.1. The van der Waals surface area contributed by atoms with Crippen molar-refractivity contribution in [1.82, 2.24) is 9.88 Å². The van der Waals surface area contributed by atoms with E-state index in [0.717, 1.165) is 18.4 Å². The first-order valence-corrected chi connectivity index (χ1v) is 5.11. The highest BCUT2D eigenvalue weighted by Crippen LogP contribution is 2.33. The third kappa shape index (κ3) is 1.85. The molecule has 2 rings (SSSR count). The maximum Gasteiger partial charge on any atom is 0.234 e. The van der Waals surface area contributed by atoms with E-state index in [2.05, 4.69) is 4.98 Å². The van der Waals surface area contributed by atoms with Crippen molar-refractivity contribution in [3.63, 3.8) is 0 Å². The SMILES string of the molecule is CN1C(C(N)=O)CC[C@H]1c1cccnc1. The van der Waals surface area contributed by atoms with E-state index in [1.54, 1.807) is 6.20 Å². The van der Waals surface area contributed by atoms with Crippen LogP contribution < -0.4 is 5.73 Å². The predicted molar refractivity (Wildman–Crippen MR) is 57.0 cm³/mol. The summed E-state index contributed by atoms with van der Waals surface area (Å²) in [6.07, 6.45) is 5.41. The molecule has 1 unspecified atom stereocenters. The lowest BCUT2D eigenvalue weighted by Gasteiger charge is -2.23. The zero-order chi connectivity index (χ0) is 10.8. The van der Waals surface area contributed by atoms with Crippen LogP contribution in [0.5, 0.6) is 0 Å². The number of hydrogen-bond acceptors (Lipinski definition) is 3. The minimum atomic E-state index is -0.233. The molecule has 4 heteroatoms. The van der Waals surface area contributed by atoms with Crippen molar-refractivity contribution in [2.75, 3.05) is 7.05 Å². The third-order valence-electron chi connectivity index (χ3n) is 3.09. The van der Waals surface area contributed by atoms with Gasteiger partial charge in [0.1, 0.15) is 0 Å². The van der Waals surface area contributed by atoms with Gasteiger partial charge in [0, 0.05) is 18.4 Å². The van der Waals surface area contributed by atoms with E-state index in [9.17, 15) is 4.79 Å². The Bertz CT molecular complexity index is 352. The molecule has 1 aliphatic rings. The van der Waals surface area contributed by atoms with Crippen molar-refractivity contribution < 1.29 is 4.79 Å². The molecular weight excluding hydrogens is 190 g/mol. The van der Waals surface area contributed by atoms with Gasteiger partial charge >= 0.3 is 0 Å². The Hall–Kier alpha value is -1.42. The fourth-order valence-electron chi connectivity index (χ4n) is 2.26. The van der Waals surface area contributed by atoms with Gasteiger partial charge < -0.3 is 5.73 Å². The summed E-state index contributed by atoms with van der Waals surface area (Å²) in [7, 11) is 1.94. The monoisotopic (exact) mass is 205 g/mol. The molecule has 0 radical (unpaired) electrons. The molecule has 4 nitrogen and oxygen atoms in total. The van der Waals surface area contributed by atoms with Crippen LogP contribution in [0.4, 0.5) is 0 Å². The van der Waals surface area contributed by atoms with E-state index in [1.165, 1.54) is 0 Å². The number of aromatic nitrogens is 1. The smallest absolute Gasteiger partial charge is 0.234 e. The number of hydrogen-bond donors (Lipinski definition) is 1. The van der Waals surface area contributed by atoms with Gasteiger partial charge in [0.2, 0.25) is 5.91 Å². The third-order valence-corrected chi connectivity index (χ3v) is 3.09. The highest BCUT2D eigenvalue weighted by molar-refractivity contribution is 5.80. The van der Waals surface area contributed by atoms with Crippen LogP contribution in [0.25, 0.3) is 0 Å². The number of pyridine rings is 1. The minimum absolute atomic E-state index is 0.129. The lowest BCUT2D eigenvalue weighted by atomic mass is 10.1. The molecular formula is C11H15N3O. The summed E-state index contributed by atoms with van der Waals surface area (Å²) < 4.78 is 0. The Labute approximate surface area is 89.1 Å². The quantitative estimate of drug-likeness (QED) is 0.773. The molecule has 0 aliphatic carbocycles. The highest BCUT2D eigenvalue weighted by atomic mass is 16.1. The first-order chi connectivity index (χ1) is 7.20. The van der Waals surface area contributed by atoms with E-state index in [-0.39, 0.29) is 18.0 Å². The maximum absolute atomic E-state index is 11.2. The number of carbonyl (C=O) groups is 1. The standard InChI is InChI=1S/C11H15N3O/c1-14-9(4-5-10(14)11(12)15)8-3-2-6-13-7-8/h2-3,6-7,9-10H,4-5H2,1H3,(H2,12,15)/t9-,10?/m0/s1. The molecule has 0 spiro atoms. The van der Waals surface area contributed by atoms with Crippen molar-refractivity contribution in [3.05, 3.63) is 30.1 Å². The molecule has 1 aromatic rings. The van der Waals surface area contributed by atoms with Crippen LogP contribution in [0, 0.1) is 0 Å². The van der Waals surface area contributed by atoms with Gasteiger partial charge in [0.15, 0.2) is 0 Å². The van der Waals surface area contributed by atoms with Crippen LogP contribution in [0.15, 0.2) is 24.5 Å². The molecule has 0 aromatic carbocycles. The second-order valence-electron chi connectivity index (χ2n) is 3.96. The van der Waals surface area contributed by atoms with Crippen LogP contribution in [0.1, 0.15) is 24.4 Å². The van der Waals surface area contributed by atoms with Crippen molar-refractivity contribution >= 4 is 5.91 Å². The zero-order valence-corrected chi connectivity index (χ0v) is 8.76. The lowest BCUT2D eigenvalue weighted by molar-refractivity contribution is -0.122. The Kier molecular flexibility index (Phi) is 2.68. The number of rotatable bonds is 2. The maximum atomic E-state index is 11.2. The summed E-state index contributed by atoms with van der Waals surface area (Å²) in [4.78, 5) is 17.3. The topological polar surface area (TPSA) is 59.2 Å². The average molecular weight is 205 g/mol. The van der Waals surface area contributed by atoms with Crippen LogP contribution in [0.3, 0.4) is 0 Å². The van der Waals surface area contributed by atoms with Gasteiger partial charge in [-0.2, -0.15) is 0 Å². The van der Waals surface area contributed by atoms with Crippen molar-refractivity contribution in [2.45, 2.75) is 24.9 Å². The summed E-state index contributed by atoms with van der Waals surface area (Å²) >= 11 is 0. The molecule has 2 atom stereocenters. The Morgan fingerprint density at radius 3 is 2.93 bits per heavy atom. The molecule has 1 saturated heterocycles. The van der Waals surface area contributed by atoms with Crippen molar-refractivity contribution in [3.8, 4) is 0 Å². The zero-order valence-electron chi connectivity index (χ0n) is 8.76. The molecule has 1 amide bonds. The highest BCUT2D eigenvalue weighted by Gasteiger charge is 2.34. The van der Waals surface area contributed by atoms with Gasteiger partial charge in [0.05, 0.1) is 6.04 Å². The second-order valence-corrected chi connectivity index (χ2v) is 3.96. The fraction of sp³-hybridized carbons (Fsp3) is 0.455. The number of likely N-dealkylation sites (N-methyl/N-ethyl adjacent to an activating group) is 1. The van der Waals surface area contributed by atoms with Crippen LogP contribution in [-0.4, -0.2) is 28.9 Å². The van der Waals surface area contributed by atoms with Crippen LogP contribution in [-0.2, 0) is 4.79 Å². The number of primary amides is 1. The van der Waals surface area contributed by atoms with Gasteiger partial charge in [-0.05, 0) is 31.5 Å². The molecule has 0 saturated carbocycles. The van der Waals surface area contributed by atoms with Crippen molar-refractivity contribution in [2.24, 2.45) is 5.73 Å². The molecule has 2 heterocycles. The Balaban J connectivity index is 2.17. The summed E-state index contributed by atoms with van der Waals surface area (Å²) in [6.45, 7) is 0. The van der Waals surface area contributed by atoms with E-state index in [1.807, 2.05) is 30.3 Å². The fourth-order valence-corrected chi connectivity index (χ4v) is 2.26. The van der Waals surface area contributed by atoms with E-state index >= 15 is 0 Å². The number of carbonyl (C=O) groups excluding carboxylic acids is 1. The van der Waals surface area contributed by atoms with E-state index in [0.29, 0.717) is 0 Å². The average Bonchev–Trinajstić information content (AvgIpc) is 2.61. The van der Waals surface area contributed by atoms with Gasteiger partial charge in [-0.3, -0.25) is 14.7 Å². The van der Waals surface area contributed by atoms with E-state index < -0.39 is 0 Å². The predicted octanol–water partition coefficient (Wildman–Crippen LogP) is 0.702. The molecule has 2 N–H and O–H groups in total. The molecule has 1 aliphatic heterocycles. The molecule has 1 aromatic heterocycles. The minimum Gasteiger partial charge on any atom is -0.368 e. The molecule has 0 bridgehead atoms. The molecule has 1 fully saturated rings. The summed E-state index contributed by atoms with van der Waals surface area (Å²) in [5, 5.41) is 0. The van der Waals surface area contributed by atoms with Gasteiger partial charge in [-0.1, -0.05) is 6.07 Å². The molecule has 80 valence electrons. The van der Waals surface area contributed by atoms with Gasteiger partial charge in [-0.25, -0.2) is 0 Å². The Morgan fingerprint density at radius 1 is 1.60 bits per heavy atom. The molecule has 15 heavy (non-hydrogen) atoms. The largest absolute Gasteiger partial charge is 0.368 e. The number of nitrogens with two attached hydrogens (primary N) is 1. The second kappa shape index (κ2) is 3.98.